The van der Waals surface area contributed by atoms with E-state index in [0.717, 1.165) is 18.5 Å². The fraction of sp³-hybridized carbons (Fsp3) is 0.400. The fourth-order valence-electron chi connectivity index (χ4n) is 1.98. The van der Waals surface area contributed by atoms with Gasteiger partial charge in [0.25, 0.3) is 0 Å². The van der Waals surface area contributed by atoms with E-state index in [1.807, 2.05) is 0 Å². The van der Waals surface area contributed by atoms with Crippen molar-refractivity contribution in [2.75, 3.05) is 6.54 Å². The maximum absolute atomic E-state index is 13.0. The molecule has 1 aliphatic heterocycles. The molecule has 1 aliphatic rings. The van der Waals surface area contributed by atoms with Crippen LogP contribution in [0.15, 0.2) is 23.4 Å². The van der Waals surface area contributed by atoms with Crippen LogP contribution in [-0.2, 0) is 10.0 Å². The average molecular weight is 289 g/mol. The Balaban J connectivity index is 2.40. The lowest BCUT2D eigenvalue weighted by molar-refractivity contribution is 0.445. The van der Waals surface area contributed by atoms with Crippen LogP contribution in [0.4, 0.5) is 4.39 Å². The van der Waals surface area contributed by atoms with Crippen LogP contribution in [0, 0.1) is 5.82 Å². The molecule has 1 unspecified atom stereocenters. The first kappa shape index (κ1) is 13.3. The van der Waals surface area contributed by atoms with Gasteiger partial charge in [0.2, 0.25) is 10.0 Å². The van der Waals surface area contributed by atoms with Crippen LogP contribution in [0.25, 0.3) is 0 Å². The first-order valence-corrected chi connectivity index (χ1v) is 7.19. The van der Waals surface area contributed by atoms with Crippen molar-refractivity contribution in [1.82, 2.24) is 9.29 Å². The van der Waals surface area contributed by atoms with E-state index in [0.29, 0.717) is 19.4 Å². The zero-order valence-corrected chi connectivity index (χ0v) is 11.0. The number of nitrogens with two attached hydrogens (primary N) is 1. The molecular weight excluding hydrogens is 277 g/mol. The summed E-state index contributed by atoms with van der Waals surface area (Å²) in [6, 6.07) is 0.449. The minimum absolute atomic E-state index is 0.139. The van der Waals surface area contributed by atoms with E-state index >= 15 is 0 Å². The zero-order chi connectivity index (χ0) is 13.3. The topological polar surface area (TPSA) is 76.3 Å². The van der Waals surface area contributed by atoms with Crippen LogP contribution < -0.4 is 5.73 Å². The van der Waals surface area contributed by atoms with Crippen molar-refractivity contribution in [3.05, 3.63) is 24.3 Å². The van der Waals surface area contributed by atoms with Gasteiger partial charge >= 0.3 is 0 Å². The molecule has 1 fully saturated rings. The Morgan fingerprint density at radius 1 is 1.56 bits per heavy atom. The van der Waals surface area contributed by atoms with Gasteiger partial charge in [0, 0.05) is 12.7 Å². The fourth-order valence-corrected chi connectivity index (χ4v) is 3.94. The van der Waals surface area contributed by atoms with E-state index in [-0.39, 0.29) is 9.88 Å². The number of aromatic nitrogens is 1. The molecule has 5 nitrogen and oxygen atoms in total. The van der Waals surface area contributed by atoms with Crippen molar-refractivity contribution in [2.45, 2.75) is 23.8 Å². The Bertz CT molecular complexity index is 576. The van der Waals surface area contributed by atoms with Crippen LogP contribution in [-0.4, -0.2) is 35.3 Å². The van der Waals surface area contributed by atoms with Gasteiger partial charge in [-0.1, -0.05) is 12.2 Å². The van der Waals surface area contributed by atoms with Crippen molar-refractivity contribution in [3.63, 3.8) is 0 Å². The van der Waals surface area contributed by atoms with Gasteiger partial charge in [0.05, 0.1) is 17.2 Å². The summed E-state index contributed by atoms with van der Waals surface area (Å²) in [6.07, 6.45) is 3.35. The first-order valence-electron chi connectivity index (χ1n) is 5.34. The number of sulfonamides is 1. The van der Waals surface area contributed by atoms with Gasteiger partial charge in [-0.2, -0.15) is 4.31 Å². The lowest BCUT2D eigenvalue weighted by atomic mass is 10.2. The molecular formula is C10H12FN3O2S2. The summed E-state index contributed by atoms with van der Waals surface area (Å²) >= 11 is 4.86. The van der Waals surface area contributed by atoms with Crippen molar-refractivity contribution >= 4 is 27.2 Å². The van der Waals surface area contributed by atoms with Crippen LogP contribution >= 0.6 is 12.2 Å². The van der Waals surface area contributed by atoms with Gasteiger partial charge in [-0.25, -0.2) is 12.8 Å². The molecule has 1 aromatic heterocycles. The lowest BCUT2D eigenvalue weighted by Crippen LogP contribution is -2.42. The van der Waals surface area contributed by atoms with E-state index in [4.69, 9.17) is 18.0 Å². The van der Waals surface area contributed by atoms with Crippen LogP contribution in [0.3, 0.4) is 0 Å². The van der Waals surface area contributed by atoms with Crippen molar-refractivity contribution in [3.8, 4) is 0 Å². The molecule has 2 heterocycles. The second-order valence-corrected chi connectivity index (χ2v) is 6.38. The van der Waals surface area contributed by atoms with Gasteiger partial charge < -0.3 is 5.73 Å². The highest BCUT2D eigenvalue weighted by molar-refractivity contribution is 7.89. The third-order valence-corrected chi connectivity index (χ3v) is 4.96. The summed E-state index contributed by atoms with van der Waals surface area (Å²) < 4.78 is 38.9. The summed E-state index contributed by atoms with van der Waals surface area (Å²) in [7, 11) is -3.79. The van der Waals surface area contributed by atoms with E-state index in [2.05, 4.69) is 4.98 Å². The Labute approximate surface area is 110 Å². The Morgan fingerprint density at radius 3 is 2.89 bits per heavy atom. The minimum Gasteiger partial charge on any atom is -0.392 e. The number of thiocarbonyl (C=S) groups is 1. The first-order chi connectivity index (χ1) is 8.43. The molecule has 2 N–H and O–H groups in total. The van der Waals surface area contributed by atoms with E-state index in [1.54, 1.807) is 0 Å². The quantitative estimate of drug-likeness (QED) is 0.827. The molecule has 98 valence electrons. The molecule has 0 aliphatic carbocycles. The Kier molecular flexibility index (Phi) is 3.60. The summed E-state index contributed by atoms with van der Waals surface area (Å²) in [4.78, 5) is 3.51. The summed E-state index contributed by atoms with van der Waals surface area (Å²) in [6.45, 7) is 0.334. The Morgan fingerprint density at radius 2 is 2.28 bits per heavy atom. The number of nitrogens with zero attached hydrogens (tertiary/aromatic N) is 2. The molecule has 1 saturated heterocycles. The van der Waals surface area contributed by atoms with Crippen LogP contribution in [0.2, 0.25) is 0 Å². The van der Waals surface area contributed by atoms with Gasteiger partial charge in [-0.3, -0.25) is 4.98 Å². The highest BCUT2D eigenvalue weighted by Crippen LogP contribution is 2.26. The van der Waals surface area contributed by atoms with Gasteiger partial charge in [0.1, 0.15) is 10.7 Å². The molecule has 1 atom stereocenters. The third-order valence-electron chi connectivity index (χ3n) is 2.82. The average Bonchev–Trinajstić information content (AvgIpc) is 2.78. The normalized spacial score (nSPS) is 21.1. The number of hydrogen-bond acceptors (Lipinski definition) is 4. The highest BCUT2D eigenvalue weighted by Gasteiger charge is 2.37. The number of rotatable bonds is 3. The number of halogens is 1. The van der Waals surface area contributed by atoms with Crippen molar-refractivity contribution in [1.29, 1.82) is 0 Å². The standard InChI is InChI=1S/C10H12FN3O2S2/c11-7-4-8(6-13-5-7)18(15,16)14-3-1-2-9(14)10(12)17/h4-6,9H,1-3H2,(H2,12,17). The van der Waals surface area contributed by atoms with Gasteiger partial charge in [-0.05, 0) is 18.9 Å². The maximum Gasteiger partial charge on any atom is 0.245 e. The van der Waals surface area contributed by atoms with Gasteiger partial charge in [0.15, 0.2) is 0 Å². The molecule has 1 aromatic rings. The van der Waals surface area contributed by atoms with E-state index < -0.39 is 21.9 Å². The largest absolute Gasteiger partial charge is 0.392 e. The van der Waals surface area contributed by atoms with Gasteiger partial charge in [-0.15, -0.1) is 0 Å². The molecule has 0 bridgehead atoms. The molecule has 18 heavy (non-hydrogen) atoms. The molecule has 0 saturated carbocycles. The van der Waals surface area contributed by atoms with Crippen LogP contribution in [0.1, 0.15) is 12.8 Å². The monoisotopic (exact) mass is 289 g/mol. The molecule has 0 radical (unpaired) electrons. The second-order valence-electron chi connectivity index (χ2n) is 4.02. The smallest absolute Gasteiger partial charge is 0.245 e. The summed E-state index contributed by atoms with van der Waals surface area (Å²) in [5.74, 6) is -0.692. The molecule has 0 aromatic carbocycles. The predicted octanol–water partition coefficient (Wildman–Crippen LogP) is 0.660. The lowest BCUT2D eigenvalue weighted by Gasteiger charge is -2.22. The summed E-state index contributed by atoms with van der Waals surface area (Å²) in [5, 5.41) is 0. The van der Waals surface area contributed by atoms with Crippen LogP contribution in [0.5, 0.6) is 0 Å². The van der Waals surface area contributed by atoms with E-state index in [9.17, 15) is 12.8 Å². The summed E-state index contributed by atoms with van der Waals surface area (Å²) in [5.41, 5.74) is 5.53. The zero-order valence-electron chi connectivity index (χ0n) is 9.41. The van der Waals surface area contributed by atoms with Crippen molar-refractivity contribution < 1.29 is 12.8 Å². The van der Waals surface area contributed by atoms with Crippen molar-refractivity contribution in [2.24, 2.45) is 5.73 Å². The molecule has 8 heteroatoms. The minimum atomic E-state index is -3.79. The van der Waals surface area contributed by atoms with E-state index in [1.165, 1.54) is 4.31 Å². The second kappa shape index (κ2) is 4.87. The highest BCUT2D eigenvalue weighted by atomic mass is 32.2. The molecule has 0 spiro atoms. The number of pyridine rings is 1. The molecule has 0 amide bonds. The number of hydrogen-bond donors (Lipinski definition) is 1. The third kappa shape index (κ3) is 2.36. The molecule has 2 rings (SSSR count). The predicted molar refractivity (Wildman–Crippen MR) is 67.9 cm³/mol. The Hall–Kier alpha value is -1.12. The SMILES string of the molecule is NC(=S)C1CCCN1S(=O)(=O)c1cncc(F)c1. The maximum atomic E-state index is 13.0.